The first kappa shape index (κ1) is 15.5. The van der Waals surface area contributed by atoms with Crippen LogP contribution in [-0.2, 0) is 19.6 Å². The highest BCUT2D eigenvalue weighted by atomic mass is 32.2. The number of carboxylic acids is 1. The number of carbonyl (C=O) groups is 2. The number of aryl methyl sites for hydroxylation is 1. The molecule has 0 aliphatic heterocycles. The maximum Gasteiger partial charge on any atom is 0.321 e. The minimum atomic E-state index is -3.96. The standard InChI is InChI=1S/C9H13N3O5S2/c1-5-11-4-8(18-5)19(16,17)12-6(9(14)15)2-3-7(10)13/h4,6,12H,2-3H2,1H3,(H2,10,13)(H,14,15)/t6-/m1/s1. The minimum Gasteiger partial charge on any atom is -0.480 e. The Kier molecular flexibility index (Phi) is 4.97. The molecule has 0 aliphatic carbocycles. The van der Waals surface area contributed by atoms with E-state index in [1.807, 2.05) is 4.72 Å². The smallest absolute Gasteiger partial charge is 0.321 e. The number of rotatable bonds is 7. The van der Waals surface area contributed by atoms with Crippen LogP contribution in [-0.4, -0.2) is 36.4 Å². The first-order valence-corrected chi connectivity index (χ1v) is 7.48. The topological polar surface area (TPSA) is 139 Å². The molecular formula is C9H13N3O5S2. The zero-order valence-corrected chi connectivity index (χ0v) is 11.6. The van der Waals surface area contributed by atoms with Crippen molar-refractivity contribution in [1.29, 1.82) is 0 Å². The quantitative estimate of drug-likeness (QED) is 0.617. The van der Waals surface area contributed by atoms with Gasteiger partial charge in [0.2, 0.25) is 5.91 Å². The van der Waals surface area contributed by atoms with Crippen LogP contribution in [0.2, 0.25) is 0 Å². The summed E-state index contributed by atoms with van der Waals surface area (Å²) in [7, 11) is -3.96. The lowest BCUT2D eigenvalue weighted by molar-refractivity contribution is -0.139. The van der Waals surface area contributed by atoms with Crippen LogP contribution >= 0.6 is 11.3 Å². The number of nitrogens with zero attached hydrogens (tertiary/aromatic N) is 1. The Labute approximate surface area is 113 Å². The number of hydrogen-bond donors (Lipinski definition) is 3. The SMILES string of the molecule is Cc1ncc(S(=O)(=O)N[C@H](CCC(N)=O)C(=O)O)s1. The lowest BCUT2D eigenvalue weighted by Crippen LogP contribution is -2.41. The van der Waals surface area contributed by atoms with Crippen molar-refractivity contribution < 1.29 is 23.1 Å². The molecule has 0 spiro atoms. The molecule has 8 nitrogen and oxygen atoms in total. The van der Waals surface area contributed by atoms with E-state index < -0.39 is 27.9 Å². The Hall–Kier alpha value is -1.52. The van der Waals surface area contributed by atoms with Crippen molar-refractivity contribution in [3.05, 3.63) is 11.2 Å². The molecule has 0 aliphatic rings. The van der Waals surface area contributed by atoms with Crippen molar-refractivity contribution in [3.8, 4) is 0 Å². The fourth-order valence-corrected chi connectivity index (χ4v) is 3.58. The van der Waals surface area contributed by atoms with Crippen molar-refractivity contribution in [2.75, 3.05) is 0 Å². The van der Waals surface area contributed by atoms with Crippen molar-refractivity contribution in [1.82, 2.24) is 9.71 Å². The number of nitrogens with one attached hydrogen (secondary N) is 1. The lowest BCUT2D eigenvalue weighted by Gasteiger charge is -2.12. The zero-order valence-electron chi connectivity index (χ0n) is 9.99. The first-order chi connectivity index (χ1) is 8.72. The number of sulfonamides is 1. The Morgan fingerprint density at radius 2 is 2.21 bits per heavy atom. The highest BCUT2D eigenvalue weighted by Crippen LogP contribution is 2.18. The Bertz CT molecular complexity index is 580. The summed E-state index contributed by atoms with van der Waals surface area (Å²) in [5, 5.41) is 9.46. The molecule has 1 rings (SSSR count). The summed E-state index contributed by atoms with van der Waals surface area (Å²) >= 11 is 0.927. The van der Waals surface area contributed by atoms with Gasteiger partial charge >= 0.3 is 5.97 Å². The van der Waals surface area contributed by atoms with Gasteiger partial charge in [0.15, 0.2) is 4.21 Å². The number of carboxylic acid groups (broad SMARTS) is 1. The number of carbonyl (C=O) groups excluding carboxylic acids is 1. The normalized spacial score (nSPS) is 13.1. The maximum absolute atomic E-state index is 11.9. The van der Waals surface area contributed by atoms with E-state index in [0.717, 1.165) is 17.5 Å². The largest absolute Gasteiger partial charge is 0.480 e. The molecule has 0 fully saturated rings. The second kappa shape index (κ2) is 6.08. The number of amides is 1. The third-order valence-corrected chi connectivity index (χ3v) is 4.99. The fourth-order valence-electron chi connectivity index (χ4n) is 1.23. The predicted octanol–water partition coefficient (Wildman–Crippen LogP) is -0.551. The van der Waals surface area contributed by atoms with Gasteiger partial charge in [0, 0.05) is 6.42 Å². The molecule has 1 atom stereocenters. The Morgan fingerprint density at radius 3 is 2.63 bits per heavy atom. The van der Waals surface area contributed by atoms with Gasteiger partial charge in [0.25, 0.3) is 10.0 Å². The highest BCUT2D eigenvalue weighted by molar-refractivity contribution is 7.91. The van der Waals surface area contributed by atoms with Gasteiger partial charge in [-0.2, -0.15) is 4.72 Å². The van der Waals surface area contributed by atoms with Crippen LogP contribution in [0.3, 0.4) is 0 Å². The number of hydrogen-bond acceptors (Lipinski definition) is 6. The predicted molar refractivity (Wildman–Crippen MR) is 67.0 cm³/mol. The number of aromatic nitrogens is 1. The summed E-state index contributed by atoms with van der Waals surface area (Å²) < 4.78 is 25.7. The summed E-state index contributed by atoms with van der Waals surface area (Å²) in [5.74, 6) is -2.06. The van der Waals surface area contributed by atoms with Gasteiger partial charge in [-0.05, 0) is 13.3 Å². The maximum atomic E-state index is 11.9. The third-order valence-electron chi connectivity index (χ3n) is 2.14. The van der Waals surface area contributed by atoms with E-state index in [9.17, 15) is 18.0 Å². The van der Waals surface area contributed by atoms with Gasteiger partial charge in [-0.25, -0.2) is 13.4 Å². The van der Waals surface area contributed by atoms with E-state index in [4.69, 9.17) is 10.8 Å². The van der Waals surface area contributed by atoms with Crippen LogP contribution in [0.4, 0.5) is 0 Å². The molecule has 0 aromatic carbocycles. The molecule has 1 aromatic rings. The van der Waals surface area contributed by atoms with Crippen LogP contribution in [0.5, 0.6) is 0 Å². The van der Waals surface area contributed by atoms with Crippen molar-refractivity contribution in [2.24, 2.45) is 5.73 Å². The van der Waals surface area contributed by atoms with E-state index in [-0.39, 0.29) is 17.1 Å². The van der Waals surface area contributed by atoms with Gasteiger partial charge < -0.3 is 10.8 Å². The van der Waals surface area contributed by atoms with E-state index in [0.29, 0.717) is 5.01 Å². The molecule has 106 valence electrons. The third kappa shape index (κ3) is 4.58. The number of nitrogens with two attached hydrogens (primary N) is 1. The highest BCUT2D eigenvalue weighted by Gasteiger charge is 2.26. The molecule has 0 bridgehead atoms. The molecule has 1 aromatic heterocycles. The van der Waals surface area contributed by atoms with Crippen molar-refractivity contribution in [2.45, 2.75) is 30.0 Å². The summed E-state index contributed by atoms with van der Waals surface area (Å²) in [6.45, 7) is 1.63. The van der Waals surface area contributed by atoms with Gasteiger partial charge in [0.05, 0.1) is 11.2 Å². The van der Waals surface area contributed by atoms with Crippen molar-refractivity contribution in [3.63, 3.8) is 0 Å². The molecule has 1 heterocycles. The van der Waals surface area contributed by atoms with Crippen LogP contribution in [0.15, 0.2) is 10.4 Å². The van der Waals surface area contributed by atoms with Crippen LogP contribution in [0.25, 0.3) is 0 Å². The van der Waals surface area contributed by atoms with Crippen molar-refractivity contribution >= 4 is 33.2 Å². The van der Waals surface area contributed by atoms with Gasteiger partial charge in [-0.3, -0.25) is 9.59 Å². The second-order valence-corrected chi connectivity index (χ2v) is 6.89. The Balaban J connectivity index is 2.84. The average Bonchev–Trinajstić information content (AvgIpc) is 2.71. The monoisotopic (exact) mass is 307 g/mol. The molecule has 19 heavy (non-hydrogen) atoms. The molecule has 0 unspecified atom stereocenters. The van der Waals surface area contributed by atoms with E-state index in [2.05, 4.69) is 4.98 Å². The summed E-state index contributed by atoms with van der Waals surface area (Å²) in [6, 6.07) is -1.40. The molecule has 10 heteroatoms. The summed E-state index contributed by atoms with van der Waals surface area (Å²) in [5.41, 5.74) is 4.90. The van der Waals surface area contributed by atoms with Gasteiger partial charge in [-0.15, -0.1) is 11.3 Å². The number of thiazole rings is 1. The van der Waals surface area contributed by atoms with E-state index in [1.165, 1.54) is 0 Å². The number of aliphatic carboxylic acids is 1. The van der Waals surface area contributed by atoms with Gasteiger partial charge in [0.1, 0.15) is 6.04 Å². The van der Waals surface area contributed by atoms with Gasteiger partial charge in [-0.1, -0.05) is 0 Å². The minimum absolute atomic E-state index is 0.0738. The molecule has 0 radical (unpaired) electrons. The molecule has 0 saturated heterocycles. The molecular weight excluding hydrogens is 294 g/mol. The second-order valence-electron chi connectivity index (χ2n) is 3.72. The summed E-state index contributed by atoms with van der Waals surface area (Å²) in [6.07, 6.45) is 0.720. The first-order valence-electron chi connectivity index (χ1n) is 5.18. The molecule has 1 amide bonds. The molecule has 0 saturated carbocycles. The average molecular weight is 307 g/mol. The zero-order chi connectivity index (χ0) is 14.6. The number of primary amides is 1. The summed E-state index contributed by atoms with van der Waals surface area (Å²) in [4.78, 5) is 25.3. The Morgan fingerprint density at radius 1 is 1.58 bits per heavy atom. The van der Waals surface area contributed by atoms with Crippen LogP contribution in [0.1, 0.15) is 17.8 Å². The van der Waals surface area contributed by atoms with E-state index >= 15 is 0 Å². The van der Waals surface area contributed by atoms with Crippen LogP contribution in [0, 0.1) is 6.92 Å². The molecule has 4 N–H and O–H groups in total. The van der Waals surface area contributed by atoms with Crippen LogP contribution < -0.4 is 10.5 Å². The fraction of sp³-hybridized carbons (Fsp3) is 0.444. The van der Waals surface area contributed by atoms with E-state index in [1.54, 1.807) is 6.92 Å². The lowest BCUT2D eigenvalue weighted by atomic mass is 10.2.